The van der Waals surface area contributed by atoms with Crippen molar-refractivity contribution in [3.63, 3.8) is 0 Å². The third kappa shape index (κ3) is 4.32. The number of halogens is 3. The van der Waals surface area contributed by atoms with Crippen LogP contribution < -0.4 is 0 Å². The van der Waals surface area contributed by atoms with E-state index >= 15 is 0 Å². The van der Waals surface area contributed by atoms with Crippen LogP contribution in [0.1, 0.15) is 5.56 Å². The van der Waals surface area contributed by atoms with Crippen molar-refractivity contribution in [3.05, 3.63) is 40.4 Å². The monoisotopic (exact) mass is 512 g/mol. The van der Waals surface area contributed by atoms with Gasteiger partial charge in [-0.15, -0.1) is 0 Å². The van der Waals surface area contributed by atoms with Crippen LogP contribution in [0.15, 0.2) is 34.8 Å². The molecule has 0 amide bonds. The molecule has 0 aromatic heterocycles. The molecular formula is C10H9Br3OTe. The summed E-state index contributed by atoms with van der Waals surface area (Å²) >= 11 is 8.37. The Kier molecular flexibility index (Phi) is 5.54. The van der Waals surface area contributed by atoms with Crippen LogP contribution in [0.3, 0.4) is 0 Å². The Morgan fingerprint density at radius 3 is 2.20 bits per heavy atom. The average Bonchev–Trinajstić information content (AvgIpc) is 2.14. The summed E-state index contributed by atoms with van der Waals surface area (Å²) in [4.78, 5) is 12.7. The molecular weight excluding hydrogens is 503 g/mol. The minimum absolute atomic E-state index is 0.837. The fourth-order valence-corrected chi connectivity index (χ4v) is 7.73. The molecule has 0 atom stereocenters. The standard InChI is InChI=1S/C10H9Br3OTe/c1-15(12,13)10(6-7-14)8-2-4-9(11)5-3-8/h2-7H,1H3/b10-6-. The molecule has 0 aliphatic rings. The van der Waals surface area contributed by atoms with Gasteiger partial charge in [0.1, 0.15) is 0 Å². The number of rotatable bonds is 3. The molecule has 1 rings (SSSR count). The van der Waals surface area contributed by atoms with E-state index < -0.39 is 13.8 Å². The molecule has 1 nitrogen and oxygen atoms in total. The topological polar surface area (TPSA) is 17.1 Å². The van der Waals surface area contributed by atoms with Gasteiger partial charge in [-0.2, -0.15) is 0 Å². The molecule has 0 radical (unpaired) electrons. The Labute approximate surface area is 114 Å². The zero-order valence-electron chi connectivity index (χ0n) is 7.91. The van der Waals surface area contributed by atoms with Crippen molar-refractivity contribution in [1.82, 2.24) is 0 Å². The van der Waals surface area contributed by atoms with Crippen molar-refractivity contribution in [2.24, 2.45) is 0 Å². The van der Waals surface area contributed by atoms with E-state index in [2.05, 4.69) is 46.4 Å². The maximum atomic E-state index is 10.6. The van der Waals surface area contributed by atoms with Crippen molar-refractivity contribution < 1.29 is 4.79 Å². The van der Waals surface area contributed by atoms with Crippen LogP contribution in [0.25, 0.3) is 3.62 Å². The molecule has 0 N–H and O–H groups in total. The molecule has 1 aromatic carbocycles. The zero-order chi connectivity index (χ0) is 11.5. The summed E-state index contributed by atoms with van der Waals surface area (Å²) in [5.74, 6) is 0. The van der Waals surface area contributed by atoms with Crippen molar-refractivity contribution in [1.29, 1.82) is 0 Å². The number of allylic oxidation sites excluding steroid dienone is 1. The van der Waals surface area contributed by atoms with Gasteiger partial charge in [0.2, 0.25) is 0 Å². The van der Waals surface area contributed by atoms with E-state index in [9.17, 15) is 4.79 Å². The molecule has 5 heteroatoms. The molecule has 15 heavy (non-hydrogen) atoms. The predicted molar refractivity (Wildman–Crippen MR) is 77.7 cm³/mol. The number of hydrogen-bond donors (Lipinski definition) is 0. The second-order valence-electron chi connectivity index (χ2n) is 2.90. The van der Waals surface area contributed by atoms with Gasteiger partial charge in [0.15, 0.2) is 0 Å². The molecule has 0 saturated carbocycles. The summed E-state index contributed by atoms with van der Waals surface area (Å²) in [6, 6.07) is 7.96. The first kappa shape index (κ1) is 13.9. The second kappa shape index (κ2) is 5.97. The Morgan fingerprint density at radius 2 is 1.80 bits per heavy atom. The summed E-state index contributed by atoms with van der Waals surface area (Å²) in [5, 5.41) is 0. The second-order valence-corrected chi connectivity index (χ2v) is 32.4. The van der Waals surface area contributed by atoms with Crippen LogP contribution >= 0.6 is 41.4 Å². The summed E-state index contributed by atoms with van der Waals surface area (Å²) in [6.07, 6.45) is 2.47. The third-order valence-electron chi connectivity index (χ3n) is 1.73. The van der Waals surface area contributed by atoms with Crippen LogP contribution in [-0.2, 0) is 4.79 Å². The summed E-state index contributed by atoms with van der Waals surface area (Å²) in [5.41, 5.74) is 1.09. The molecule has 0 aliphatic carbocycles. The van der Waals surface area contributed by atoms with Crippen molar-refractivity contribution in [2.45, 2.75) is 4.97 Å². The molecule has 0 aliphatic heterocycles. The number of benzene rings is 1. The molecule has 1 aromatic rings. The van der Waals surface area contributed by atoms with Gasteiger partial charge in [-0.25, -0.2) is 0 Å². The maximum absolute atomic E-state index is 10.6. The van der Waals surface area contributed by atoms with Crippen molar-refractivity contribution >= 4 is 65.1 Å². The van der Waals surface area contributed by atoms with Crippen LogP contribution in [0.4, 0.5) is 0 Å². The number of carbonyl (C=O) groups excluding carboxylic acids is 1. The van der Waals surface area contributed by atoms with Gasteiger partial charge in [-0.1, -0.05) is 0 Å². The van der Waals surface area contributed by atoms with Crippen molar-refractivity contribution in [3.8, 4) is 0 Å². The van der Waals surface area contributed by atoms with Crippen LogP contribution in [0.2, 0.25) is 4.97 Å². The summed E-state index contributed by atoms with van der Waals surface area (Å²) in [7, 11) is 0. The Morgan fingerprint density at radius 1 is 1.27 bits per heavy atom. The van der Waals surface area contributed by atoms with Crippen LogP contribution in [-0.4, -0.2) is 20.1 Å². The quantitative estimate of drug-likeness (QED) is 0.333. The van der Waals surface area contributed by atoms with Gasteiger partial charge in [0.05, 0.1) is 0 Å². The van der Waals surface area contributed by atoms with E-state index in [0.29, 0.717) is 0 Å². The van der Waals surface area contributed by atoms with Gasteiger partial charge in [0.25, 0.3) is 0 Å². The van der Waals surface area contributed by atoms with Gasteiger partial charge in [-0.3, -0.25) is 0 Å². The van der Waals surface area contributed by atoms with E-state index in [-0.39, 0.29) is 0 Å². The average molecular weight is 512 g/mol. The predicted octanol–water partition coefficient (Wildman–Crippen LogP) is 4.43. The number of hydrogen-bond acceptors (Lipinski definition) is 1. The Balaban J connectivity index is 3.17. The van der Waals surface area contributed by atoms with Gasteiger partial charge in [0, 0.05) is 0 Å². The van der Waals surface area contributed by atoms with E-state index in [1.807, 2.05) is 24.3 Å². The summed E-state index contributed by atoms with van der Waals surface area (Å²) in [6.45, 7) is 0. The SMILES string of the molecule is C[Te](Br)(Br)/C(=C\C=O)c1ccc(Br)cc1. The van der Waals surface area contributed by atoms with E-state index in [1.54, 1.807) is 6.08 Å². The van der Waals surface area contributed by atoms with Gasteiger partial charge >= 0.3 is 115 Å². The van der Waals surface area contributed by atoms with Gasteiger partial charge < -0.3 is 0 Å². The first-order chi connectivity index (χ1) is 6.95. The zero-order valence-corrected chi connectivity index (χ0v) is 15.0. The number of aldehydes is 1. The third-order valence-corrected chi connectivity index (χ3v) is 10.2. The Hall–Kier alpha value is 0.860. The van der Waals surface area contributed by atoms with E-state index in [4.69, 9.17) is 0 Å². The van der Waals surface area contributed by atoms with E-state index in [0.717, 1.165) is 19.9 Å². The normalized spacial score (nSPS) is 13.7. The first-order valence-corrected chi connectivity index (χ1v) is 18.8. The van der Waals surface area contributed by atoms with Crippen molar-refractivity contribution in [2.75, 3.05) is 0 Å². The van der Waals surface area contributed by atoms with E-state index in [1.165, 1.54) is 0 Å². The molecule has 0 bridgehead atoms. The molecule has 82 valence electrons. The number of carbonyl (C=O) groups is 1. The molecule has 0 spiro atoms. The fourth-order valence-electron chi connectivity index (χ4n) is 1.10. The molecule has 0 unspecified atom stereocenters. The molecule has 0 heterocycles. The first-order valence-electron chi connectivity index (χ1n) is 4.04. The Bertz CT molecular complexity index is 379. The van der Waals surface area contributed by atoms with Gasteiger partial charge in [-0.05, 0) is 0 Å². The molecule has 0 saturated heterocycles. The fraction of sp³-hybridized carbons (Fsp3) is 0.100. The summed E-state index contributed by atoms with van der Waals surface area (Å²) < 4.78 is 2.12. The van der Waals surface area contributed by atoms with Crippen LogP contribution in [0, 0.1) is 0 Å². The molecule has 0 fully saturated rings. The minimum atomic E-state index is -2.35. The van der Waals surface area contributed by atoms with Crippen LogP contribution in [0.5, 0.6) is 0 Å².